The number of hydrogen-bond acceptors (Lipinski definition) is 4. The zero-order valence-corrected chi connectivity index (χ0v) is 15.9. The maximum Gasteiger partial charge on any atom is 0.223 e. The first-order valence-electron chi connectivity index (χ1n) is 9.82. The van der Waals surface area contributed by atoms with Crippen LogP contribution in [0.4, 0.5) is 0 Å². The van der Waals surface area contributed by atoms with Crippen LogP contribution in [-0.2, 0) is 22.4 Å². The number of amides is 1. The van der Waals surface area contributed by atoms with E-state index in [0.29, 0.717) is 13.1 Å². The van der Waals surface area contributed by atoms with E-state index >= 15 is 0 Å². The Morgan fingerprint density at radius 1 is 1.08 bits per heavy atom. The molecule has 1 fully saturated rings. The number of rotatable bonds is 4. The lowest BCUT2D eigenvalue weighted by atomic mass is 9.94. The van der Waals surface area contributed by atoms with E-state index in [4.69, 9.17) is 4.74 Å². The molecule has 1 aromatic carbocycles. The number of ether oxygens (including phenoxy) is 1. The summed E-state index contributed by atoms with van der Waals surface area (Å²) in [6.07, 6.45) is 3.81. The van der Waals surface area contributed by atoms with E-state index in [2.05, 4.69) is 11.4 Å². The number of nitrogens with one attached hydrogen (secondary N) is 1. The van der Waals surface area contributed by atoms with E-state index in [9.17, 15) is 9.59 Å². The Bertz CT molecular complexity index is 649. The number of fused-ring (bicyclic) bond motifs is 1. The van der Waals surface area contributed by atoms with Gasteiger partial charge in [0.05, 0.1) is 12.2 Å². The smallest absolute Gasteiger partial charge is 0.223 e. The molecule has 0 aliphatic carbocycles. The van der Waals surface area contributed by atoms with Gasteiger partial charge in [-0.15, -0.1) is 0 Å². The van der Waals surface area contributed by atoms with Crippen LogP contribution in [0.1, 0.15) is 54.6 Å². The van der Waals surface area contributed by atoms with Gasteiger partial charge in [0.25, 0.3) is 0 Å². The van der Waals surface area contributed by atoms with Gasteiger partial charge in [0.1, 0.15) is 0 Å². The molecular formula is C21H30N2O3. The molecule has 5 nitrogen and oxygen atoms in total. The molecule has 5 heteroatoms. The van der Waals surface area contributed by atoms with Gasteiger partial charge >= 0.3 is 0 Å². The number of hydrogen-bond donors (Lipinski definition) is 1. The number of nitrogens with zero attached hydrogens (tertiary/aromatic N) is 1. The van der Waals surface area contributed by atoms with Crippen LogP contribution in [-0.4, -0.2) is 55.0 Å². The van der Waals surface area contributed by atoms with Crippen LogP contribution < -0.4 is 5.32 Å². The third kappa shape index (κ3) is 4.92. The summed E-state index contributed by atoms with van der Waals surface area (Å²) in [5, 5.41) is 3.42. The Labute approximate surface area is 156 Å². The number of ketones is 1. The second-order valence-electron chi connectivity index (χ2n) is 7.57. The molecule has 1 saturated heterocycles. The molecule has 2 unspecified atom stereocenters. The minimum atomic E-state index is 0.0517. The first-order valence-corrected chi connectivity index (χ1v) is 9.82. The fourth-order valence-corrected chi connectivity index (χ4v) is 3.93. The monoisotopic (exact) mass is 358 g/mol. The summed E-state index contributed by atoms with van der Waals surface area (Å²) in [5.74, 6) is 0.112. The van der Waals surface area contributed by atoms with Crippen LogP contribution in [0.2, 0.25) is 0 Å². The molecule has 2 aliphatic heterocycles. The number of aryl methyl sites for hydroxylation is 1. The topological polar surface area (TPSA) is 58.6 Å². The fourth-order valence-electron chi connectivity index (χ4n) is 3.93. The third-order valence-corrected chi connectivity index (χ3v) is 5.24. The molecule has 2 atom stereocenters. The van der Waals surface area contributed by atoms with Gasteiger partial charge in [0, 0.05) is 31.5 Å². The molecule has 3 rings (SSSR count). The Morgan fingerprint density at radius 2 is 1.85 bits per heavy atom. The van der Waals surface area contributed by atoms with Crippen molar-refractivity contribution in [3.63, 3.8) is 0 Å². The predicted molar refractivity (Wildman–Crippen MR) is 101 cm³/mol. The standard InChI is InChI=1S/C21H30N2O3/c1-15-13-23(14-16(2)26-15)21(25)8-7-20(24)19-6-5-17-4-3-10-22-11-9-18(17)12-19/h5-6,12,15-16,22H,3-4,7-11,13-14H2,1-2H3. The molecule has 26 heavy (non-hydrogen) atoms. The van der Waals surface area contributed by atoms with Gasteiger partial charge in [-0.1, -0.05) is 12.1 Å². The minimum absolute atomic E-state index is 0.0517. The number of Topliss-reactive ketones (excluding diaryl/α,β-unsaturated/α-hetero) is 1. The van der Waals surface area contributed by atoms with Crippen molar-refractivity contribution in [3.05, 3.63) is 34.9 Å². The fraction of sp³-hybridized carbons (Fsp3) is 0.619. The maximum atomic E-state index is 12.6. The van der Waals surface area contributed by atoms with Crippen molar-refractivity contribution < 1.29 is 14.3 Å². The van der Waals surface area contributed by atoms with E-state index in [1.165, 1.54) is 11.1 Å². The molecule has 0 aromatic heterocycles. The van der Waals surface area contributed by atoms with Crippen LogP contribution in [0.3, 0.4) is 0 Å². The lowest BCUT2D eigenvalue weighted by molar-refractivity contribution is -0.143. The Balaban J connectivity index is 1.58. The average molecular weight is 358 g/mol. The van der Waals surface area contributed by atoms with E-state index in [0.717, 1.165) is 37.9 Å². The van der Waals surface area contributed by atoms with Crippen LogP contribution in [0, 0.1) is 0 Å². The molecule has 0 bridgehead atoms. The molecule has 0 radical (unpaired) electrons. The molecule has 142 valence electrons. The minimum Gasteiger partial charge on any atom is -0.372 e. The van der Waals surface area contributed by atoms with E-state index < -0.39 is 0 Å². The lowest BCUT2D eigenvalue weighted by Gasteiger charge is -2.35. The normalized spacial score (nSPS) is 23.7. The van der Waals surface area contributed by atoms with E-state index in [-0.39, 0.29) is 36.7 Å². The van der Waals surface area contributed by atoms with Gasteiger partial charge in [-0.3, -0.25) is 9.59 Å². The van der Waals surface area contributed by atoms with Crippen molar-refractivity contribution in [2.24, 2.45) is 0 Å². The van der Waals surface area contributed by atoms with Crippen molar-refractivity contribution in [2.45, 2.75) is 58.2 Å². The molecule has 1 aromatic rings. The molecule has 1 N–H and O–H groups in total. The molecular weight excluding hydrogens is 328 g/mol. The zero-order valence-electron chi connectivity index (χ0n) is 15.9. The molecule has 2 heterocycles. The van der Waals surface area contributed by atoms with Crippen LogP contribution in [0.15, 0.2) is 18.2 Å². The molecule has 1 amide bonds. The first-order chi connectivity index (χ1) is 12.5. The van der Waals surface area contributed by atoms with Gasteiger partial charge in [-0.25, -0.2) is 0 Å². The number of carbonyl (C=O) groups excluding carboxylic acids is 2. The number of carbonyl (C=O) groups is 2. The quantitative estimate of drug-likeness (QED) is 0.840. The lowest BCUT2D eigenvalue weighted by Crippen LogP contribution is -2.48. The van der Waals surface area contributed by atoms with Gasteiger partial charge in [-0.2, -0.15) is 0 Å². The second-order valence-corrected chi connectivity index (χ2v) is 7.57. The molecule has 0 saturated carbocycles. The van der Waals surface area contributed by atoms with Crippen molar-refractivity contribution in [1.82, 2.24) is 10.2 Å². The maximum absolute atomic E-state index is 12.6. The Morgan fingerprint density at radius 3 is 2.62 bits per heavy atom. The summed E-state index contributed by atoms with van der Waals surface area (Å²) in [7, 11) is 0. The Kier molecular flexibility index (Phi) is 6.43. The van der Waals surface area contributed by atoms with E-state index in [1.807, 2.05) is 30.9 Å². The summed E-state index contributed by atoms with van der Waals surface area (Å²) in [5.41, 5.74) is 3.36. The zero-order chi connectivity index (χ0) is 18.5. The largest absolute Gasteiger partial charge is 0.372 e. The SMILES string of the molecule is CC1CN(C(=O)CCC(=O)c2ccc3c(c2)CCNCCC3)CC(C)O1. The highest BCUT2D eigenvalue weighted by atomic mass is 16.5. The van der Waals surface area contributed by atoms with Gasteiger partial charge in [0.15, 0.2) is 5.78 Å². The second kappa shape index (κ2) is 8.78. The highest BCUT2D eigenvalue weighted by molar-refractivity contribution is 5.98. The van der Waals surface area contributed by atoms with Crippen LogP contribution >= 0.6 is 0 Å². The molecule has 2 aliphatic rings. The summed E-state index contributed by atoms with van der Waals surface area (Å²) in [6, 6.07) is 6.06. The summed E-state index contributed by atoms with van der Waals surface area (Å²) >= 11 is 0. The van der Waals surface area contributed by atoms with Crippen LogP contribution in [0.25, 0.3) is 0 Å². The number of benzene rings is 1. The Hall–Kier alpha value is -1.72. The van der Waals surface area contributed by atoms with Crippen molar-refractivity contribution >= 4 is 11.7 Å². The third-order valence-electron chi connectivity index (χ3n) is 5.24. The summed E-state index contributed by atoms with van der Waals surface area (Å²) in [4.78, 5) is 26.9. The summed E-state index contributed by atoms with van der Waals surface area (Å²) < 4.78 is 5.67. The molecule has 0 spiro atoms. The predicted octanol–water partition coefficient (Wildman–Crippen LogP) is 2.36. The van der Waals surface area contributed by atoms with Gasteiger partial charge in [-0.05, 0) is 63.4 Å². The van der Waals surface area contributed by atoms with Crippen LogP contribution in [0.5, 0.6) is 0 Å². The van der Waals surface area contributed by atoms with Gasteiger partial charge < -0.3 is 15.0 Å². The van der Waals surface area contributed by atoms with Crippen molar-refractivity contribution in [1.29, 1.82) is 0 Å². The first kappa shape index (κ1) is 19.1. The van der Waals surface area contributed by atoms with Crippen molar-refractivity contribution in [2.75, 3.05) is 26.2 Å². The summed E-state index contributed by atoms with van der Waals surface area (Å²) in [6.45, 7) is 7.20. The highest BCUT2D eigenvalue weighted by Gasteiger charge is 2.26. The average Bonchev–Trinajstić information content (AvgIpc) is 2.59. The number of morpholine rings is 1. The van der Waals surface area contributed by atoms with E-state index in [1.54, 1.807) is 0 Å². The van der Waals surface area contributed by atoms with Gasteiger partial charge in [0.2, 0.25) is 5.91 Å². The highest BCUT2D eigenvalue weighted by Crippen LogP contribution is 2.18. The van der Waals surface area contributed by atoms with Crippen molar-refractivity contribution in [3.8, 4) is 0 Å².